The summed E-state index contributed by atoms with van der Waals surface area (Å²) in [5.41, 5.74) is 4.51. The normalized spacial score (nSPS) is 13.1. The first kappa shape index (κ1) is 16.7. The number of rotatable bonds is 6. The molecule has 2 rings (SSSR count). The van der Waals surface area contributed by atoms with Gasteiger partial charge in [0.1, 0.15) is 0 Å². The van der Waals surface area contributed by atoms with Gasteiger partial charge in [0.2, 0.25) is 0 Å². The van der Waals surface area contributed by atoms with Crippen LogP contribution in [0.5, 0.6) is 0 Å². The zero-order valence-corrected chi connectivity index (χ0v) is 14.2. The van der Waals surface area contributed by atoms with E-state index in [1.807, 2.05) is 18.5 Å². The van der Waals surface area contributed by atoms with Gasteiger partial charge >= 0.3 is 0 Å². The largest absolute Gasteiger partial charge is 0.392 e. The molecule has 4 nitrogen and oxygen atoms in total. The number of aliphatic hydroxyl groups excluding tert-OH is 1. The molecule has 0 saturated carbocycles. The summed E-state index contributed by atoms with van der Waals surface area (Å²) in [7, 11) is 0. The van der Waals surface area contributed by atoms with Crippen LogP contribution in [0.4, 0.5) is 0 Å². The molecule has 0 aliphatic carbocycles. The van der Waals surface area contributed by atoms with E-state index in [1.54, 1.807) is 0 Å². The second kappa shape index (κ2) is 7.07. The van der Waals surface area contributed by atoms with Crippen LogP contribution in [-0.4, -0.2) is 38.5 Å². The average Bonchev–Trinajstić information content (AvgIpc) is 2.77. The number of hydrogen-bond acceptors (Lipinski definition) is 3. The highest BCUT2D eigenvalue weighted by molar-refractivity contribution is 5.36. The second-order valence-corrected chi connectivity index (χ2v) is 6.38. The van der Waals surface area contributed by atoms with Gasteiger partial charge in [-0.05, 0) is 58.4 Å². The molecular formula is C18H27N3O. The number of aliphatic hydroxyl groups is 1. The van der Waals surface area contributed by atoms with Gasteiger partial charge in [-0.25, -0.2) is 4.68 Å². The molecule has 1 unspecified atom stereocenters. The standard InChI is InChI=1S/C18H27N3O/c1-13(2)20(11-16(5)22)12-17-6-8-18(9-7-17)21-15(4)10-14(3)19-21/h6-10,13,16,22H,11-12H2,1-5H3. The molecule has 120 valence electrons. The Labute approximate surface area is 133 Å². The van der Waals surface area contributed by atoms with Crippen LogP contribution in [0.2, 0.25) is 0 Å². The Morgan fingerprint density at radius 3 is 2.23 bits per heavy atom. The summed E-state index contributed by atoms with van der Waals surface area (Å²) in [6, 6.07) is 11.0. The van der Waals surface area contributed by atoms with Crippen molar-refractivity contribution in [2.45, 2.75) is 53.3 Å². The van der Waals surface area contributed by atoms with Crippen LogP contribution in [0, 0.1) is 13.8 Å². The summed E-state index contributed by atoms with van der Waals surface area (Å²) in [4.78, 5) is 2.28. The van der Waals surface area contributed by atoms with Crippen molar-refractivity contribution in [2.24, 2.45) is 0 Å². The Bertz CT molecular complexity index is 599. The summed E-state index contributed by atoms with van der Waals surface area (Å²) in [5.74, 6) is 0. The monoisotopic (exact) mass is 301 g/mol. The third-order valence-electron chi connectivity index (χ3n) is 3.81. The van der Waals surface area contributed by atoms with Crippen LogP contribution in [0.3, 0.4) is 0 Å². The summed E-state index contributed by atoms with van der Waals surface area (Å²) in [6.07, 6.45) is -0.309. The first-order valence-electron chi connectivity index (χ1n) is 7.91. The quantitative estimate of drug-likeness (QED) is 0.891. The van der Waals surface area contributed by atoms with Crippen LogP contribution < -0.4 is 0 Å². The summed E-state index contributed by atoms with van der Waals surface area (Å²) in [6.45, 7) is 11.8. The number of aromatic nitrogens is 2. The number of hydrogen-bond donors (Lipinski definition) is 1. The van der Waals surface area contributed by atoms with Crippen molar-refractivity contribution >= 4 is 0 Å². The third kappa shape index (κ3) is 4.18. The number of nitrogens with zero attached hydrogens (tertiary/aromatic N) is 3. The molecule has 1 N–H and O–H groups in total. The van der Waals surface area contributed by atoms with Crippen molar-refractivity contribution < 1.29 is 5.11 Å². The Balaban J connectivity index is 2.13. The van der Waals surface area contributed by atoms with E-state index in [0.717, 1.165) is 23.6 Å². The summed E-state index contributed by atoms with van der Waals surface area (Å²) in [5, 5.41) is 14.1. The highest BCUT2D eigenvalue weighted by Crippen LogP contribution is 2.15. The van der Waals surface area contributed by atoms with Crippen molar-refractivity contribution in [3.05, 3.63) is 47.3 Å². The van der Waals surface area contributed by atoms with Gasteiger partial charge in [-0.2, -0.15) is 5.10 Å². The van der Waals surface area contributed by atoms with Crippen molar-refractivity contribution in [3.63, 3.8) is 0 Å². The Morgan fingerprint density at radius 1 is 1.14 bits per heavy atom. The fourth-order valence-electron chi connectivity index (χ4n) is 2.66. The highest BCUT2D eigenvalue weighted by atomic mass is 16.3. The molecule has 0 bridgehead atoms. The highest BCUT2D eigenvalue weighted by Gasteiger charge is 2.13. The SMILES string of the molecule is Cc1cc(C)n(-c2ccc(CN(CC(C)O)C(C)C)cc2)n1. The first-order chi connectivity index (χ1) is 10.4. The van der Waals surface area contributed by atoms with Crippen molar-refractivity contribution in [3.8, 4) is 5.69 Å². The molecular weight excluding hydrogens is 274 g/mol. The van der Waals surface area contributed by atoms with Crippen LogP contribution in [0.15, 0.2) is 30.3 Å². The lowest BCUT2D eigenvalue weighted by atomic mass is 10.1. The number of aryl methyl sites for hydroxylation is 2. The predicted molar refractivity (Wildman–Crippen MR) is 90.3 cm³/mol. The minimum atomic E-state index is -0.309. The first-order valence-corrected chi connectivity index (χ1v) is 7.91. The molecule has 1 heterocycles. The molecule has 22 heavy (non-hydrogen) atoms. The lowest BCUT2D eigenvalue weighted by Gasteiger charge is -2.27. The maximum absolute atomic E-state index is 9.62. The maximum Gasteiger partial charge on any atom is 0.0648 e. The fourth-order valence-corrected chi connectivity index (χ4v) is 2.66. The molecule has 0 fully saturated rings. The molecule has 0 amide bonds. The minimum Gasteiger partial charge on any atom is -0.392 e. The van der Waals surface area contributed by atoms with Gasteiger partial charge in [-0.15, -0.1) is 0 Å². The van der Waals surface area contributed by atoms with E-state index in [0.29, 0.717) is 12.6 Å². The fraction of sp³-hybridized carbons (Fsp3) is 0.500. The van der Waals surface area contributed by atoms with Gasteiger partial charge in [0, 0.05) is 24.8 Å². The molecule has 0 saturated heterocycles. The van der Waals surface area contributed by atoms with Gasteiger partial charge in [0.25, 0.3) is 0 Å². The van der Waals surface area contributed by atoms with Gasteiger partial charge in [0.15, 0.2) is 0 Å². The third-order valence-corrected chi connectivity index (χ3v) is 3.81. The summed E-state index contributed by atoms with van der Waals surface area (Å²) >= 11 is 0. The maximum atomic E-state index is 9.62. The van der Waals surface area contributed by atoms with E-state index >= 15 is 0 Å². The van der Waals surface area contributed by atoms with Crippen LogP contribution in [-0.2, 0) is 6.54 Å². The molecule has 2 aromatic rings. The Morgan fingerprint density at radius 2 is 1.77 bits per heavy atom. The average molecular weight is 301 g/mol. The predicted octanol–water partition coefficient (Wildman–Crippen LogP) is 3.08. The van der Waals surface area contributed by atoms with Crippen molar-refractivity contribution in [2.75, 3.05) is 6.54 Å². The van der Waals surface area contributed by atoms with Crippen molar-refractivity contribution in [1.29, 1.82) is 0 Å². The van der Waals surface area contributed by atoms with E-state index in [2.05, 4.69) is 61.1 Å². The molecule has 0 radical (unpaired) electrons. The van der Waals surface area contributed by atoms with Gasteiger partial charge < -0.3 is 5.11 Å². The molecule has 0 aliphatic rings. The van der Waals surface area contributed by atoms with Gasteiger partial charge in [-0.1, -0.05) is 12.1 Å². The molecule has 1 atom stereocenters. The Kier molecular flexibility index (Phi) is 5.37. The van der Waals surface area contributed by atoms with E-state index in [1.165, 1.54) is 5.56 Å². The van der Waals surface area contributed by atoms with Crippen LogP contribution in [0.25, 0.3) is 5.69 Å². The number of benzene rings is 1. The molecule has 1 aromatic heterocycles. The zero-order chi connectivity index (χ0) is 16.3. The van der Waals surface area contributed by atoms with Crippen LogP contribution in [0.1, 0.15) is 37.7 Å². The second-order valence-electron chi connectivity index (χ2n) is 6.38. The van der Waals surface area contributed by atoms with E-state index < -0.39 is 0 Å². The van der Waals surface area contributed by atoms with Gasteiger partial charge in [0.05, 0.1) is 17.5 Å². The molecule has 1 aromatic carbocycles. The molecule has 0 spiro atoms. The topological polar surface area (TPSA) is 41.3 Å². The van der Waals surface area contributed by atoms with Gasteiger partial charge in [-0.3, -0.25) is 4.90 Å². The van der Waals surface area contributed by atoms with Crippen LogP contribution >= 0.6 is 0 Å². The zero-order valence-electron chi connectivity index (χ0n) is 14.2. The smallest absolute Gasteiger partial charge is 0.0648 e. The van der Waals surface area contributed by atoms with Crippen molar-refractivity contribution in [1.82, 2.24) is 14.7 Å². The molecule has 0 aliphatic heterocycles. The molecule has 4 heteroatoms. The Hall–Kier alpha value is -1.65. The lowest BCUT2D eigenvalue weighted by Crippen LogP contribution is -2.36. The van der Waals surface area contributed by atoms with E-state index in [9.17, 15) is 5.11 Å². The van der Waals surface area contributed by atoms with E-state index in [-0.39, 0.29) is 6.10 Å². The van der Waals surface area contributed by atoms with E-state index in [4.69, 9.17) is 0 Å². The summed E-state index contributed by atoms with van der Waals surface area (Å²) < 4.78 is 1.97. The lowest BCUT2D eigenvalue weighted by molar-refractivity contribution is 0.103. The minimum absolute atomic E-state index is 0.309.